The fraction of sp³-hybridized carbons (Fsp3) is 0.368. The van der Waals surface area contributed by atoms with E-state index in [1.54, 1.807) is 7.11 Å². The van der Waals surface area contributed by atoms with E-state index in [1.807, 2.05) is 6.07 Å². The van der Waals surface area contributed by atoms with Crippen LogP contribution in [0.4, 0.5) is 5.69 Å². The molecule has 2 heteroatoms. The topological polar surface area (TPSA) is 21.3 Å². The molecular weight excluding hydrogens is 258 g/mol. The van der Waals surface area contributed by atoms with Crippen LogP contribution in [0.15, 0.2) is 42.5 Å². The molecule has 1 N–H and O–H groups in total. The number of hydrogen-bond donors (Lipinski definition) is 1. The largest absolute Gasteiger partial charge is 0.495 e. The van der Waals surface area contributed by atoms with Crippen LogP contribution < -0.4 is 10.1 Å². The lowest BCUT2D eigenvalue weighted by Crippen LogP contribution is -2.18. The van der Waals surface area contributed by atoms with Gasteiger partial charge < -0.3 is 10.1 Å². The second-order valence-corrected chi connectivity index (χ2v) is 5.87. The van der Waals surface area contributed by atoms with E-state index >= 15 is 0 Å². The zero-order valence-corrected chi connectivity index (χ0v) is 12.9. The minimum Gasteiger partial charge on any atom is -0.495 e. The molecule has 1 atom stereocenters. The second kappa shape index (κ2) is 6.21. The van der Waals surface area contributed by atoms with E-state index in [0.29, 0.717) is 5.92 Å². The van der Waals surface area contributed by atoms with E-state index in [-0.39, 0.29) is 0 Å². The van der Waals surface area contributed by atoms with Crippen molar-refractivity contribution in [2.45, 2.75) is 32.1 Å². The molecule has 0 spiro atoms. The number of rotatable bonds is 4. The molecule has 0 radical (unpaired) electrons. The van der Waals surface area contributed by atoms with Gasteiger partial charge >= 0.3 is 0 Å². The van der Waals surface area contributed by atoms with Crippen molar-refractivity contribution in [1.82, 2.24) is 0 Å². The van der Waals surface area contributed by atoms with Crippen LogP contribution in [0, 0.1) is 6.92 Å². The molecule has 2 nitrogen and oxygen atoms in total. The van der Waals surface area contributed by atoms with E-state index in [4.69, 9.17) is 4.74 Å². The fourth-order valence-electron chi connectivity index (χ4n) is 3.26. The van der Waals surface area contributed by atoms with Gasteiger partial charge in [-0.2, -0.15) is 0 Å². The number of nitrogens with one attached hydrogen (secondary N) is 1. The van der Waals surface area contributed by atoms with E-state index in [1.165, 1.54) is 36.0 Å². The average Bonchev–Trinajstić information content (AvgIpc) is 2.53. The number of hydrogen-bond acceptors (Lipinski definition) is 2. The Morgan fingerprint density at radius 3 is 2.90 bits per heavy atom. The first kappa shape index (κ1) is 14.0. The van der Waals surface area contributed by atoms with Gasteiger partial charge in [-0.3, -0.25) is 0 Å². The molecule has 21 heavy (non-hydrogen) atoms. The highest BCUT2D eigenvalue weighted by atomic mass is 16.5. The highest BCUT2D eigenvalue weighted by molar-refractivity contribution is 5.58. The Kier molecular flexibility index (Phi) is 4.14. The summed E-state index contributed by atoms with van der Waals surface area (Å²) in [5.41, 5.74) is 5.39. The van der Waals surface area contributed by atoms with Gasteiger partial charge in [0.15, 0.2) is 0 Å². The Hall–Kier alpha value is -1.96. The maximum absolute atomic E-state index is 5.45. The number of fused-ring (bicyclic) bond motifs is 1. The van der Waals surface area contributed by atoms with E-state index in [9.17, 15) is 0 Å². The van der Waals surface area contributed by atoms with Crippen molar-refractivity contribution in [3.05, 3.63) is 59.2 Å². The fourth-order valence-corrected chi connectivity index (χ4v) is 3.26. The zero-order valence-electron chi connectivity index (χ0n) is 12.9. The molecule has 0 bridgehead atoms. The van der Waals surface area contributed by atoms with Crippen LogP contribution in [0.5, 0.6) is 5.75 Å². The van der Waals surface area contributed by atoms with Gasteiger partial charge in [-0.1, -0.05) is 30.3 Å². The van der Waals surface area contributed by atoms with Gasteiger partial charge in [0.25, 0.3) is 0 Å². The van der Waals surface area contributed by atoms with Gasteiger partial charge in [0, 0.05) is 12.5 Å². The molecule has 3 rings (SSSR count). The third kappa shape index (κ3) is 3.05. The predicted molar refractivity (Wildman–Crippen MR) is 88.3 cm³/mol. The summed E-state index contributed by atoms with van der Waals surface area (Å²) >= 11 is 0. The van der Waals surface area contributed by atoms with Crippen molar-refractivity contribution in [2.24, 2.45) is 0 Å². The average molecular weight is 281 g/mol. The van der Waals surface area contributed by atoms with Crippen molar-refractivity contribution >= 4 is 5.69 Å². The molecule has 0 saturated carbocycles. The molecule has 0 saturated heterocycles. The summed E-state index contributed by atoms with van der Waals surface area (Å²) in [6.45, 7) is 3.08. The maximum atomic E-state index is 5.45. The van der Waals surface area contributed by atoms with Crippen molar-refractivity contribution in [2.75, 3.05) is 19.0 Å². The maximum Gasteiger partial charge on any atom is 0.141 e. The predicted octanol–water partition coefficient (Wildman–Crippen LogP) is 4.54. The lowest BCUT2D eigenvalue weighted by molar-refractivity contribution is 0.416. The van der Waals surface area contributed by atoms with Crippen molar-refractivity contribution in [3.8, 4) is 5.75 Å². The summed E-state index contributed by atoms with van der Waals surface area (Å²) in [6, 6.07) is 15.1. The molecule has 110 valence electrons. The summed E-state index contributed by atoms with van der Waals surface area (Å²) in [6.07, 6.45) is 3.77. The SMILES string of the molecule is COc1ccc(C)cc1NCC1CCCc2ccccc21. The molecule has 0 heterocycles. The van der Waals surface area contributed by atoms with Crippen LogP contribution in [-0.2, 0) is 6.42 Å². The molecule has 0 aromatic heterocycles. The first-order valence-electron chi connectivity index (χ1n) is 7.74. The second-order valence-electron chi connectivity index (χ2n) is 5.87. The molecule has 1 aliphatic carbocycles. The van der Waals surface area contributed by atoms with Crippen LogP contribution in [-0.4, -0.2) is 13.7 Å². The van der Waals surface area contributed by atoms with Crippen molar-refractivity contribution in [1.29, 1.82) is 0 Å². The van der Waals surface area contributed by atoms with Crippen LogP contribution in [0.3, 0.4) is 0 Å². The minimum atomic E-state index is 0.597. The van der Waals surface area contributed by atoms with Crippen LogP contribution in [0.1, 0.15) is 35.4 Å². The number of anilines is 1. The van der Waals surface area contributed by atoms with E-state index < -0.39 is 0 Å². The third-order valence-corrected chi connectivity index (χ3v) is 4.39. The number of methoxy groups -OCH3 is 1. The van der Waals surface area contributed by atoms with Crippen LogP contribution >= 0.6 is 0 Å². The van der Waals surface area contributed by atoms with Gasteiger partial charge in [0.2, 0.25) is 0 Å². The van der Waals surface area contributed by atoms with Crippen LogP contribution in [0.25, 0.3) is 0 Å². The Morgan fingerprint density at radius 1 is 1.19 bits per heavy atom. The summed E-state index contributed by atoms with van der Waals surface area (Å²) in [5, 5.41) is 3.59. The minimum absolute atomic E-state index is 0.597. The first-order chi connectivity index (χ1) is 10.3. The Labute approximate surface area is 127 Å². The number of benzene rings is 2. The molecule has 1 unspecified atom stereocenters. The lowest BCUT2D eigenvalue weighted by atomic mass is 9.83. The first-order valence-corrected chi connectivity index (χ1v) is 7.74. The molecule has 1 aliphatic rings. The summed E-state index contributed by atoms with van der Waals surface area (Å²) in [5.74, 6) is 1.52. The molecule has 2 aromatic carbocycles. The number of aryl methyl sites for hydroxylation is 2. The summed E-state index contributed by atoms with van der Waals surface area (Å²) < 4.78 is 5.45. The number of ether oxygens (including phenoxy) is 1. The Bertz CT molecular complexity index is 621. The lowest BCUT2D eigenvalue weighted by Gasteiger charge is -2.26. The normalized spacial score (nSPS) is 17.1. The summed E-state index contributed by atoms with van der Waals surface area (Å²) in [4.78, 5) is 0. The third-order valence-electron chi connectivity index (χ3n) is 4.39. The highest BCUT2D eigenvalue weighted by Gasteiger charge is 2.19. The quantitative estimate of drug-likeness (QED) is 0.888. The smallest absolute Gasteiger partial charge is 0.141 e. The van der Waals surface area contributed by atoms with Gasteiger partial charge in [-0.05, 0) is 55.0 Å². The van der Waals surface area contributed by atoms with Gasteiger partial charge in [0.1, 0.15) is 5.75 Å². The molecule has 2 aromatic rings. The summed E-state index contributed by atoms with van der Waals surface area (Å²) in [7, 11) is 1.73. The van der Waals surface area contributed by atoms with Gasteiger partial charge in [-0.15, -0.1) is 0 Å². The molecular formula is C19H23NO. The van der Waals surface area contributed by atoms with E-state index in [0.717, 1.165) is 18.0 Å². The van der Waals surface area contributed by atoms with Crippen LogP contribution in [0.2, 0.25) is 0 Å². The zero-order chi connectivity index (χ0) is 14.7. The molecule has 0 aliphatic heterocycles. The van der Waals surface area contributed by atoms with Gasteiger partial charge in [-0.25, -0.2) is 0 Å². The molecule has 0 fully saturated rings. The molecule has 0 amide bonds. The monoisotopic (exact) mass is 281 g/mol. The van der Waals surface area contributed by atoms with Crippen molar-refractivity contribution in [3.63, 3.8) is 0 Å². The van der Waals surface area contributed by atoms with Gasteiger partial charge in [0.05, 0.1) is 12.8 Å². The van der Waals surface area contributed by atoms with E-state index in [2.05, 4.69) is 48.6 Å². The highest BCUT2D eigenvalue weighted by Crippen LogP contribution is 2.33. The Morgan fingerprint density at radius 2 is 2.05 bits per heavy atom. The standard InChI is InChI=1S/C19H23NO/c1-14-10-11-19(21-2)18(12-14)20-13-16-8-5-7-15-6-3-4-9-17(15)16/h3-4,6,9-12,16,20H,5,7-8,13H2,1-2H3. The van der Waals surface area contributed by atoms with Crippen molar-refractivity contribution < 1.29 is 4.74 Å². The Balaban J connectivity index is 1.76.